The number of nitrogens with one attached hydrogen (secondary N) is 1. The zero-order valence-electron chi connectivity index (χ0n) is 17.6. The average molecular weight is 418 g/mol. The normalized spacial score (nSPS) is 10.8. The van der Waals surface area contributed by atoms with E-state index in [2.05, 4.69) is 51.9 Å². The lowest BCUT2D eigenvalue weighted by Crippen LogP contribution is -2.04. The van der Waals surface area contributed by atoms with E-state index in [1.807, 2.05) is 72.8 Å². The van der Waals surface area contributed by atoms with Gasteiger partial charge in [0.25, 0.3) is 0 Å². The van der Waals surface area contributed by atoms with Gasteiger partial charge in [-0.2, -0.15) is 0 Å². The number of aromatic nitrogens is 2. The first-order valence-corrected chi connectivity index (χ1v) is 10.7. The van der Waals surface area contributed by atoms with Gasteiger partial charge in [-0.25, -0.2) is 0 Å². The van der Waals surface area contributed by atoms with Crippen molar-refractivity contribution in [3.8, 4) is 17.0 Å². The van der Waals surface area contributed by atoms with Crippen molar-refractivity contribution < 1.29 is 4.74 Å². The third-order valence-corrected chi connectivity index (χ3v) is 5.37. The van der Waals surface area contributed by atoms with Gasteiger partial charge in [0.1, 0.15) is 18.1 Å². The minimum atomic E-state index is 0.546. The topological polar surface area (TPSA) is 47.0 Å². The molecule has 5 rings (SSSR count). The van der Waals surface area contributed by atoms with Crippen molar-refractivity contribution in [2.45, 2.75) is 13.2 Å². The van der Waals surface area contributed by atoms with Gasteiger partial charge in [0, 0.05) is 22.9 Å². The molecule has 0 saturated heterocycles. The van der Waals surface area contributed by atoms with E-state index in [0.29, 0.717) is 13.2 Å². The van der Waals surface area contributed by atoms with Crippen LogP contribution in [-0.2, 0) is 13.2 Å². The molecule has 4 aromatic carbocycles. The Balaban J connectivity index is 1.37. The van der Waals surface area contributed by atoms with Gasteiger partial charge in [-0.1, -0.05) is 84.9 Å². The number of nitrogens with zero attached hydrogens (tertiary/aromatic N) is 2. The summed E-state index contributed by atoms with van der Waals surface area (Å²) in [6, 6.07) is 36.7. The molecule has 0 unspecified atom stereocenters. The molecule has 5 aromatic rings. The molecule has 1 N–H and O–H groups in total. The minimum absolute atomic E-state index is 0.546. The van der Waals surface area contributed by atoms with E-state index in [9.17, 15) is 0 Å². The van der Waals surface area contributed by atoms with Crippen LogP contribution in [0.25, 0.3) is 22.0 Å². The van der Waals surface area contributed by atoms with E-state index in [4.69, 9.17) is 4.74 Å². The van der Waals surface area contributed by atoms with Gasteiger partial charge in [0.15, 0.2) is 5.82 Å². The third kappa shape index (κ3) is 4.44. The highest BCUT2D eigenvalue weighted by Gasteiger charge is 2.11. The number of fused-ring (bicyclic) bond motifs is 1. The number of hydrogen-bond donors (Lipinski definition) is 1. The lowest BCUT2D eigenvalue weighted by atomic mass is 10.0. The zero-order valence-corrected chi connectivity index (χ0v) is 17.6. The van der Waals surface area contributed by atoms with Crippen LogP contribution in [0.5, 0.6) is 5.75 Å². The van der Waals surface area contributed by atoms with E-state index in [-0.39, 0.29) is 0 Å². The molecule has 0 aliphatic carbocycles. The molecule has 156 valence electrons. The van der Waals surface area contributed by atoms with Gasteiger partial charge in [0.2, 0.25) is 0 Å². The fourth-order valence-electron chi connectivity index (χ4n) is 3.68. The second-order valence-corrected chi connectivity index (χ2v) is 7.58. The van der Waals surface area contributed by atoms with Crippen molar-refractivity contribution in [2.24, 2.45) is 0 Å². The van der Waals surface area contributed by atoms with Crippen molar-refractivity contribution in [2.75, 3.05) is 5.32 Å². The average Bonchev–Trinajstić information content (AvgIpc) is 2.88. The SMILES string of the molecule is c1ccc(CNc2nnc(-c3ccc(OCc4ccccc4)cc3)c3ccccc23)cc1. The van der Waals surface area contributed by atoms with Crippen LogP contribution in [0.15, 0.2) is 109 Å². The molecule has 1 heterocycles. The summed E-state index contributed by atoms with van der Waals surface area (Å²) in [4.78, 5) is 0. The summed E-state index contributed by atoms with van der Waals surface area (Å²) in [5, 5.41) is 14.6. The summed E-state index contributed by atoms with van der Waals surface area (Å²) >= 11 is 0. The molecule has 0 aliphatic rings. The molecule has 4 nitrogen and oxygen atoms in total. The number of benzene rings is 4. The number of anilines is 1. The third-order valence-electron chi connectivity index (χ3n) is 5.37. The molecule has 32 heavy (non-hydrogen) atoms. The first-order chi connectivity index (χ1) is 15.9. The van der Waals surface area contributed by atoms with Gasteiger partial charge in [-0.05, 0) is 35.4 Å². The molecule has 0 radical (unpaired) electrons. The second kappa shape index (κ2) is 9.31. The summed E-state index contributed by atoms with van der Waals surface area (Å²) in [7, 11) is 0. The summed E-state index contributed by atoms with van der Waals surface area (Å²) < 4.78 is 5.92. The number of rotatable bonds is 7. The fourth-order valence-corrected chi connectivity index (χ4v) is 3.68. The van der Waals surface area contributed by atoms with Crippen LogP contribution in [-0.4, -0.2) is 10.2 Å². The molecule has 4 heteroatoms. The van der Waals surface area contributed by atoms with Crippen molar-refractivity contribution in [3.05, 3.63) is 120 Å². The molecular weight excluding hydrogens is 394 g/mol. The Hall–Kier alpha value is -4.18. The van der Waals surface area contributed by atoms with Crippen LogP contribution in [0.4, 0.5) is 5.82 Å². The molecule has 0 bridgehead atoms. The van der Waals surface area contributed by atoms with Gasteiger partial charge in [0.05, 0.1) is 0 Å². The Labute approximate surface area is 187 Å². The van der Waals surface area contributed by atoms with E-state index < -0.39 is 0 Å². The molecule has 1 aromatic heterocycles. The zero-order chi connectivity index (χ0) is 21.6. The second-order valence-electron chi connectivity index (χ2n) is 7.58. The highest BCUT2D eigenvalue weighted by atomic mass is 16.5. The van der Waals surface area contributed by atoms with Crippen LogP contribution in [0.2, 0.25) is 0 Å². The van der Waals surface area contributed by atoms with Crippen molar-refractivity contribution in [3.63, 3.8) is 0 Å². The maximum atomic E-state index is 5.92. The quantitative estimate of drug-likeness (QED) is 0.329. The predicted molar refractivity (Wildman–Crippen MR) is 130 cm³/mol. The van der Waals surface area contributed by atoms with Gasteiger partial charge in [-0.15, -0.1) is 10.2 Å². The van der Waals surface area contributed by atoms with Crippen molar-refractivity contribution >= 4 is 16.6 Å². The molecule has 0 aliphatic heterocycles. The van der Waals surface area contributed by atoms with E-state index in [0.717, 1.165) is 39.2 Å². The Morgan fingerprint density at radius 2 is 1.22 bits per heavy atom. The van der Waals surface area contributed by atoms with Crippen LogP contribution in [0.3, 0.4) is 0 Å². The van der Waals surface area contributed by atoms with Crippen LogP contribution >= 0.6 is 0 Å². The first kappa shape index (κ1) is 19.8. The summed E-state index contributed by atoms with van der Waals surface area (Å²) in [6.07, 6.45) is 0. The highest BCUT2D eigenvalue weighted by molar-refractivity contribution is 6.00. The monoisotopic (exact) mass is 417 g/mol. The molecular formula is C28H23N3O. The lowest BCUT2D eigenvalue weighted by Gasteiger charge is -2.12. The van der Waals surface area contributed by atoms with Crippen LogP contribution in [0, 0.1) is 0 Å². The van der Waals surface area contributed by atoms with E-state index >= 15 is 0 Å². The summed E-state index contributed by atoms with van der Waals surface area (Å²) in [5.74, 6) is 1.62. The van der Waals surface area contributed by atoms with Crippen molar-refractivity contribution in [1.82, 2.24) is 10.2 Å². The Morgan fingerprint density at radius 1 is 0.594 bits per heavy atom. The minimum Gasteiger partial charge on any atom is -0.489 e. The number of ether oxygens (including phenoxy) is 1. The van der Waals surface area contributed by atoms with Gasteiger partial charge >= 0.3 is 0 Å². The Kier molecular flexibility index (Phi) is 5.75. The van der Waals surface area contributed by atoms with Gasteiger partial charge < -0.3 is 10.1 Å². The molecule has 0 fully saturated rings. The Bertz CT molecular complexity index is 1300. The largest absolute Gasteiger partial charge is 0.489 e. The summed E-state index contributed by atoms with van der Waals surface area (Å²) in [5.41, 5.74) is 4.22. The highest BCUT2D eigenvalue weighted by Crippen LogP contribution is 2.31. The standard InChI is InChI=1S/C28H23N3O/c1-3-9-21(10-4-1)19-29-28-26-14-8-7-13-25(26)27(30-31-28)23-15-17-24(18-16-23)32-20-22-11-5-2-6-12-22/h1-18H,19-20H2,(H,29,31). The molecule has 0 atom stereocenters. The molecule has 0 spiro atoms. The fraction of sp³-hybridized carbons (Fsp3) is 0.0714. The van der Waals surface area contributed by atoms with Crippen LogP contribution < -0.4 is 10.1 Å². The van der Waals surface area contributed by atoms with E-state index in [1.165, 1.54) is 5.56 Å². The van der Waals surface area contributed by atoms with Crippen molar-refractivity contribution in [1.29, 1.82) is 0 Å². The molecule has 0 saturated carbocycles. The Morgan fingerprint density at radius 3 is 1.94 bits per heavy atom. The predicted octanol–water partition coefficient (Wildman–Crippen LogP) is 6.49. The first-order valence-electron chi connectivity index (χ1n) is 10.7. The summed E-state index contributed by atoms with van der Waals surface area (Å²) in [6.45, 7) is 1.25. The molecule has 0 amide bonds. The smallest absolute Gasteiger partial charge is 0.156 e. The maximum absolute atomic E-state index is 5.92. The number of hydrogen-bond acceptors (Lipinski definition) is 4. The van der Waals surface area contributed by atoms with Gasteiger partial charge in [-0.3, -0.25) is 0 Å². The lowest BCUT2D eigenvalue weighted by molar-refractivity contribution is 0.306. The maximum Gasteiger partial charge on any atom is 0.156 e. The van der Waals surface area contributed by atoms with E-state index in [1.54, 1.807) is 0 Å². The van der Waals surface area contributed by atoms with Crippen LogP contribution in [0.1, 0.15) is 11.1 Å².